The molecule has 2 N–H and O–H groups in total. The second-order valence-corrected chi connectivity index (χ2v) is 7.40. The van der Waals surface area contributed by atoms with Gasteiger partial charge < -0.3 is 5.73 Å². The van der Waals surface area contributed by atoms with Gasteiger partial charge in [0.05, 0.1) is 11.6 Å². The Morgan fingerprint density at radius 1 is 1.50 bits per heavy atom. The van der Waals surface area contributed by atoms with Crippen molar-refractivity contribution in [2.45, 2.75) is 24.7 Å². The number of nitrogens with zero attached hydrogens (tertiary/aromatic N) is 1. The molecular formula is C14H17ClN2O2S. The van der Waals surface area contributed by atoms with Gasteiger partial charge in [0.2, 0.25) is 10.0 Å². The maximum atomic E-state index is 12.7. The highest BCUT2D eigenvalue weighted by Crippen LogP contribution is 2.34. The van der Waals surface area contributed by atoms with E-state index in [-0.39, 0.29) is 16.5 Å². The van der Waals surface area contributed by atoms with Crippen LogP contribution in [0.2, 0.25) is 5.02 Å². The van der Waals surface area contributed by atoms with E-state index in [9.17, 15) is 8.42 Å². The molecule has 1 aromatic carbocycles. The zero-order valence-electron chi connectivity index (χ0n) is 11.3. The van der Waals surface area contributed by atoms with Gasteiger partial charge in [-0.3, -0.25) is 0 Å². The third kappa shape index (κ3) is 3.09. The first-order valence-electron chi connectivity index (χ1n) is 6.35. The number of terminal acetylenes is 1. The Bertz CT molecular complexity index is 660. The highest BCUT2D eigenvalue weighted by Gasteiger charge is 2.32. The summed E-state index contributed by atoms with van der Waals surface area (Å²) in [5, 5.41) is 0.175. The Labute approximate surface area is 125 Å². The van der Waals surface area contributed by atoms with Crippen LogP contribution in [0.4, 0.5) is 5.69 Å². The van der Waals surface area contributed by atoms with Crippen molar-refractivity contribution in [2.75, 3.05) is 18.8 Å². The van der Waals surface area contributed by atoms with E-state index in [2.05, 4.69) is 5.92 Å². The van der Waals surface area contributed by atoms with Crippen LogP contribution in [0.25, 0.3) is 0 Å². The third-order valence-corrected chi connectivity index (χ3v) is 5.64. The van der Waals surface area contributed by atoms with Crippen molar-refractivity contribution >= 4 is 27.3 Å². The van der Waals surface area contributed by atoms with Crippen molar-refractivity contribution in [1.82, 2.24) is 4.31 Å². The summed E-state index contributed by atoms with van der Waals surface area (Å²) in [5.74, 6) is 2.80. The predicted octanol–water partition coefficient (Wildman–Crippen LogP) is 2.26. The summed E-state index contributed by atoms with van der Waals surface area (Å²) < 4.78 is 26.6. The van der Waals surface area contributed by atoms with Crippen molar-refractivity contribution in [3.63, 3.8) is 0 Å². The fourth-order valence-corrected chi connectivity index (χ4v) is 3.96. The van der Waals surface area contributed by atoms with Crippen LogP contribution in [0.1, 0.15) is 18.4 Å². The summed E-state index contributed by atoms with van der Waals surface area (Å²) in [5.41, 5.74) is 6.94. The summed E-state index contributed by atoms with van der Waals surface area (Å²) in [6.07, 6.45) is 7.36. The number of sulfonamides is 1. The monoisotopic (exact) mass is 312 g/mol. The molecule has 108 valence electrons. The molecule has 6 heteroatoms. The summed E-state index contributed by atoms with van der Waals surface area (Å²) in [4.78, 5) is 0.0261. The number of hydrogen-bond donors (Lipinski definition) is 1. The Morgan fingerprint density at radius 3 is 2.70 bits per heavy atom. The van der Waals surface area contributed by atoms with E-state index in [4.69, 9.17) is 23.8 Å². The van der Waals surface area contributed by atoms with Crippen LogP contribution in [-0.2, 0) is 10.0 Å². The molecule has 0 heterocycles. The molecule has 1 saturated carbocycles. The lowest BCUT2D eigenvalue weighted by Crippen LogP contribution is -2.33. The van der Waals surface area contributed by atoms with Crippen LogP contribution >= 0.6 is 11.6 Å². The van der Waals surface area contributed by atoms with Crippen LogP contribution < -0.4 is 5.73 Å². The molecule has 0 unspecified atom stereocenters. The van der Waals surface area contributed by atoms with Crippen molar-refractivity contribution < 1.29 is 8.42 Å². The van der Waals surface area contributed by atoms with Gasteiger partial charge in [-0.1, -0.05) is 17.5 Å². The van der Waals surface area contributed by atoms with Crippen molar-refractivity contribution in [1.29, 1.82) is 0 Å². The topological polar surface area (TPSA) is 63.4 Å². The van der Waals surface area contributed by atoms with E-state index in [1.807, 2.05) is 0 Å². The fourth-order valence-electron chi connectivity index (χ4n) is 1.94. The minimum atomic E-state index is -3.71. The van der Waals surface area contributed by atoms with Gasteiger partial charge in [-0.15, -0.1) is 6.42 Å². The third-order valence-electron chi connectivity index (χ3n) is 3.36. The van der Waals surface area contributed by atoms with Gasteiger partial charge in [0.1, 0.15) is 4.90 Å². The average Bonchev–Trinajstić information content (AvgIpc) is 3.17. The summed E-state index contributed by atoms with van der Waals surface area (Å²) >= 11 is 6.07. The molecule has 0 radical (unpaired) electrons. The Morgan fingerprint density at radius 2 is 2.15 bits per heavy atom. The average molecular weight is 313 g/mol. The van der Waals surface area contributed by atoms with E-state index >= 15 is 0 Å². The first-order valence-corrected chi connectivity index (χ1v) is 8.17. The van der Waals surface area contributed by atoms with Crippen molar-refractivity contribution in [2.24, 2.45) is 5.92 Å². The van der Waals surface area contributed by atoms with E-state index in [1.165, 1.54) is 10.4 Å². The molecule has 0 saturated heterocycles. The van der Waals surface area contributed by atoms with Gasteiger partial charge in [0.15, 0.2) is 0 Å². The standard InChI is InChI=1S/C14H17ClN2O2S/c1-3-6-17(9-11-4-5-11)20(18,19)14-8-13(16)10(2)7-12(14)15/h1,7-8,11H,4-6,9,16H2,2H3. The molecule has 0 aromatic heterocycles. The molecule has 0 aliphatic heterocycles. The zero-order chi connectivity index (χ0) is 14.9. The van der Waals surface area contributed by atoms with Crippen molar-refractivity contribution in [3.05, 3.63) is 22.7 Å². The number of benzene rings is 1. The molecule has 1 aromatic rings. The molecule has 1 aliphatic carbocycles. The second kappa shape index (κ2) is 5.65. The van der Waals surface area contributed by atoms with E-state index < -0.39 is 10.0 Å². The molecule has 0 amide bonds. The lowest BCUT2D eigenvalue weighted by atomic mass is 10.2. The lowest BCUT2D eigenvalue weighted by molar-refractivity contribution is 0.430. The molecule has 1 aliphatic rings. The van der Waals surface area contributed by atoms with Crippen LogP contribution in [0.3, 0.4) is 0 Å². The molecule has 4 nitrogen and oxygen atoms in total. The quantitative estimate of drug-likeness (QED) is 0.670. The molecule has 0 spiro atoms. The summed E-state index contributed by atoms with van der Waals surface area (Å²) in [6, 6.07) is 2.97. The predicted molar refractivity (Wildman–Crippen MR) is 80.9 cm³/mol. The van der Waals surface area contributed by atoms with Gasteiger partial charge in [0.25, 0.3) is 0 Å². The zero-order valence-corrected chi connectivity index (χ0v) is 12.8. The van der Waals surface area contributed by atoms with E-state index in [0.717, 1.165) is 18.4 Å². The normalized spacial score (nSPS) is 15.3. The molecule has 1 fully saturated rings. The Hall–Kier alpha value is -1.22. The molecule has 20 heavy (non-hydrogen) atoms. The fraction of sp³-hybridized carbons (Fsp3) is 0.429. The molecular weight excluding hydrogens is 296 g/mol. The second-order valence-electron chi connectivity index (χ2n) is 5.08. The maximum absolute atomic E-state index is 12.7. The van der Waals surface area contributed by atoms with Gasteiger partial charge in [-0.05, 0) is 43.4 Å². The van der Waals surface area contributed by atoms with Crippen LogP contribution in [0, 0.1) is 25.2 Å². The highest BCUT2D eigenvalue weighted by atomic mass is 35.5. The Kier molecular flexibility index (Phi) is 4.28. The molecule has 0 bridgehead atoms. The van der Waals surface area contributed by atoms with E-state index in [0.29, 0.717) is 18.2 Å². The number of hydrogen-bond acceptors (Lipinski definition) is 3. The van der Waals surface area contributed by atoms with Gasteiger partial charge >= 0.3 is 0 Å². The maximum Gasteiger partial charge on any atom is 0.245 e. The van der Waals surface area contributed by atoms with Crippen LogP contribution in [0.15, 0.2) is 17.0 Å². The van der Waals surface area contributed by atoms with Crippen molar-refractivity contribution in [3.8, 4) is 12.3 Å². The number of rotatable bonds is 5. The first-order chi connectivity index (χ1) is 9.36. The Balaban J connectivity index is 2.41. The number of anilines is 1. The van der Waals surface area contributed by atoms with E-state index in [1.54, 1.807) is 13.0 Å². The van der Waals surface area contributed by atoms with Crippen LogP contribution in [0.5, 0.6) is 0 Å². The number of nitrogens with two attached hydrogens (primary N) is 1. The minimum Gasteiger partial charge on any atom is -0.398 e. The van der Waals surface area contributed by atoms with Gasteiger partial charge in [-0.2, -0.15) is 4.31 Å². The molecule has 2 rings (SSSR count). The number of aryl methyl sites for hydroxylation is 1. The lowest BCUT2D eigenvalue weighted by Gasteiger charge is -2.21. The number of halogens is 1. The summed E-state index contributed by atoms with van der Waals surface area (Å²) in [7, 11) is -3.71. The van der Waals surface area contributed by atoms with Gasteiger partial charge in [0, 0.05) is 12.2 Å². The first kappa shape index (κ1) is 15.2. The SMILES string of the molecule is C#CCN(CC1CC1)S(=O)(=O)c1cc(N)c(C)cc1Cl. The molecule has 0 atom stereocenters. The highest BCUT2D eigenvalue weighted by molar-refractivity contribution is 7.89. The summed E-state index contributed by atoms with van der Waals surface area (Å²) in [6.45, 7) is 2.26. The van der Waals surface area contributed by atoms with Crippen LogP contribution in [-0.4, -0.2) is 25.8 Å². The smallest absolute Gasteiger partial charge is 0.245 e. The van der Waals surface area contributed by atoms with Gasteiger partial charge in [-0.25, -0.2) is 8.42 Å². The minimum absolute atomic E-state index is 0.0261. The largest absolute Gasteiger partial charge is 0.398 e. The number of nitrogen functional groups attached to an aromatic ring is 1.